The lowest BCUT2D eigenvalue weighted by Crippen LogP contribution is -2.22. The number of aliphatic imine (C=N–C) groups is 1. The highest BCUT2D eigenvalue weighted by atomic mass is 16.5. The first-order valence-electron chi connectivity index (χ1n) is 8.37. The minimum Gasteiger partial charge on any atom is -0.488 e. The number of anilines is 1. The molecular formula is C20H20N2O2. The standard InChI is InChI=1S/C20H20N2O2/c1-12-5-3-6-14(11-12)18-16-7-4-8-17(24-15-9-10-15)19(16)22-20(23)13(2)21-18/h3-8,11,13,15H,9-10H2,1-2H3,(H,22,23). The van der Waals surface area contributed by atoms with Crippen LogP contribution in [-0.2, 0) is 4.79 Å². The molecule has 1 saturated carbocycles. The number of aryl methyl sites for hydroxylation is 1. The van der Waals surface area contributed by atoms with E-state index in [2.05, 4.69) is 24.4 Å². The monoisotopic (exact) mass is 320 g/mol. The molecule has 1 aliphatic carbocycles. The number of carbonyl (C=O) groups is 1. The third-order valence-electron chi connectivity index (χ3n) is 4.34. The van der Waals surface area contributed by atoms with Crippen LogP contribution in [0.1, 0.15) is 36.5 Å². The van der Waals surface area contributed by atoms with Crippen LogP contribution in [0.15, 0.2) is 47.5 Å². The predicted octanol–water partition coefficient (Wildman–Crippen LogP) is 3.71. The van der Waals surface area contributed by atoms with Crippen molar-refractivity contribution in [1.29, 1.82) is 0 Å². The second-order valence-electron chi connectivity index (χ2n) is 6.51. The molecule has 2 aromatic carbocycles. The summed E-state index contributed by atoms with van der Waals surface area (Å²) in [5, 5.41) is 3.01. The molecule has 4 heteroatoms. The molecule has 1 heterocycles. The molecule has 0 spiro atoms. The molecule has 2 aromatic rings. The number of nitrogens with one attached hydrogen (secondary N) is 1. The number of carbonyl (C=O) groups excluding carboxylic acids is 1. The van der Waals surface area contributed by atoms with Crippen LogP contribution in [0.3, 0.4) is 0 Å². The number of para-hydroxylation sites is 1. The van der Waals surface area contributed by atoms with Crippen molar-refractivity contribution in [3.8, 4) is 5.75 Å². The topological polar surface area (TPSA) is 50.7 Å². The quantitative estimate of drug-likeness (QED) is 0.937. The molecule has 24 heavy (non-hydrogen) atoms. The van der Waals surface area contributed by atoms with Crippen LogP contribution in [0.25, 0.3) is 0 Å². The summed E-state index contributed by atoms with van der Waals surface area (Å²) < 4.78 is 6.00. The Kier molecular flexibility index (Phi) is 3.60. The Labute approximate surface area is 141 Å². The van der Waals surface area contributed by atoms with Gasteiger partial charge in [0.25, 0.3) is 0 Å². The van der Waals surface area contributed by atoms with Crippen molar-refractivity contribution in [2.24, 2.45) is 4.99 Å². The molecule has 1 N–H and O–H groups in total. The number of nitrogens with zero attached hydrogens (tertiary/aromatic N) is 1. The first kappa shape index (κ1) is 14.9. The van der Waals surface area contributed by atoms with Crippen LogP contribution in [0.2, 0.25) is 0 Å². The maximum absolute atomic E-state index is 12.4. The van der Waals surface area contributed by atoms with Gasteiger partial charge < -0.3 is 10.1 Å². The van der Waals surface area contributed by atoms with E-state index in [1.807, 2.05) is 37.3 Å². The molecule has 1 unspecified atom stereocenters. The minimum absolute atomic E-state index is 0.106. The fourth-order valence-electron chi connectivity index (χ4n) is 2.89. The Morgan fingerprint density at radius 3 is 2.71 bits per heavy atom. The number of rotatable bonds is 3. The molecule has 122 valence electrons. The molecule has 0 bridgehead atoms. The smallest absolute Gasteiger partial charge is 0.249 e. The average Bonchev–Trinajstić information content (AvgIpc) is 3.38. The second kappa shape index (κ2) is 5.78. The minimum atomic E-state index is -0.443. The van der Waals surface area contributed by atoms with E-state index in [4.69, 9.17) is 9.73 Å². The van der Waals surface area contributed by atoms with Crippen molar-refractivity contribution in [2.45, 2.75) is 38.8 Å². The zero-order chi connectivity index (χ0) is 16.7. The van der Waals surface area contributed by atoms with Gasteiger partial charge >= 0.3 is 0 Å². The lowest BCUT2D eigenvalue weighted by atomic mass is 9.99. The maximum atomic E-state index is 12.4. The van der Waals surface area contributed by atoms with Gasteiger partial charge in [-0.05, 0) is 38.8 Å². The SMILES string of the molecule is Cc1cccc(C2=NC(C)C(=O)Nc3c(OC4CC4)cccc32)c1. The maximum Gasteiger partial charge on any atom is 0.249 e. The van der Waals surface area contributed by atoms with Gasteiger partial charge in [0.2, 0.25) is 5.91 Å². The zero-order valence-corrected chi connectivity index (χ0v) is 13.9. The molecule has 0 aromatic heterocycles. The van der Waals surface area contributed by atoms with Gasteiger partial charge in [0.05, 0.1) is 17.5 Å². The van der Waals surface area contributed by atoms with Gasteiger partial charge in [-0.3, -0.25) is 9.79 Å². The summed E-state index contributed by atoms with van der Waals surface area (Å²) in [6, 6.07) is 13.6. The highest BCUT2D eigenvalue weighted by Crippen LogP contribution is 2.36. The third kappa shape index (κ3) is 2.80. The van der Waals surface area contributed by atoms with Crippen LogP contribution in [0.5, 0.6) is 5.75 Å². The number of ether oxygens (including phenoxy) is 1. The van der Waals surface area contributed by atoms with Gasteiger partial charge in [-0.1, -0.05) is 35.9 Å². The molecular weight excluding hydrogens is 300 g/mol. The van der Waals surface area contributed by atoms with Crippen molar-refractivity contribution in [3.05, 3.63) is 59.2 Å². The number of benzodiazepines with no additional fused rings is 1. The van der Waals surface area contributed by atoms with Gasteiger partial charge in [-0.15, -0.1) is 0 Å². The van der Waals surface area contributed by atoms with E-state index in [0.29, 0.717) is 0 Å². The summed E-state index contributed by atoms with van der Waals surface area (Å²) in [4.78, 5) is 17.1. The van der Waals surface area contributed by atoms with Crippen molar-refractivity contribution in [3.63, 3.8) is 0 Å². The summed E-state index contributed by atoms with van der Waals surface area (Å²) in [5.74, 6) is 0.628. The van der Waals surface area contributed by atoms with E-state index in [1.165, 1.54) is 5.56 Å². The van der Waals surface area contributed by atoms with E-state index in [9.17, 15) is 4.79 Å². The van der Waals surface area contributed by atoms with Gasteiger partial charge in [0.15, 0.2) is 0 Å². The Hall–Kier alpha value is -2.62. The van der Waals surface area contributed by atoms with Gasteiger partial charge in [0, 0.05) is 11.1 Å². The van der Waals surface area contributed by atoms with E-state index in [-0.39, 0.29) is 12.0 Å². The molecule has 1 aliphatic heterocycles. The second-order valence-corrected chi connectivity index (χ2v) is 6.51. The predicted molar refractivity (Wildman–Crippen MR) is 95.0 cm³/mol. The van der Waals surface area contributed by atoms with Crippen LogP contribution >= 0.6 is 0 Å². The van der Waals surface area contributed by atoms with E-state index >= 15 is 0 Å². The number of amides is 1. The van der Waals surface area contributed by atoms with Gasteiger partial charge in [-0.25, -0.2) is 0 Å². The average molecular weight is 320 g/mol. The van der Waals surface area contributed by atoms with Crippen molar-refractivity contribution in [1.82, 2.24) is 0 Å². The molecule has 4 nitrogen and oxygen atoms in total. The fourth-order valence-corrected chi connectivity index (χ4v) is 2.89. The van der Waals surface area contributed by atoms with Gasteiger partial charge in [0.1, 0.15) is 11.8 Å². The number of hydrogen-bond acceptors (Lipinski definition) is 3. The highest BCUT2D eigenvalue weighted by molar-refractivity contribution is 6.20. The Morgan fingerprint density at radius 1 is 1.17 bits per heavy atom. The first-order valence-corrected chi connectivity index (χ1v) is 8.37. The van der Waals surface area contributed by atoms with E-state index < -0.39 is 6.04 Å². The van der Waals surface area contributed by atoms with Crippen molar-refractivity contribution >= 4 is 17.3 Å². The molecule has 0 radical (unpaired) electrons. The number of benzene rings is 2. The van der Waals surface area contributed by atoms with Crippen molar-refractivity contribution in [2.75, 3.05) is 5.32 Å². The number of fused-ring (bicyclic) bond motifs is 1. The summed E-state index contributed by atoms with van der Waals surface area (Å²) >= 11 is 0. The van der Waals surface area contributed by atoms with E-state index in [0.717, 1.165) is 41.1 Å². The summed E-state index contributed by atoms with van der Waals surface area (Å²) in [6.45, 7) is 3.87. The Balaban J connectivity index is 1.87. The summed E-state index contributed by atoms with van der Waals surface area (Å²) in [5.41, 5.74) is 4.66. The molecule has 0 saturated heterocycles. The first-order chi connectivity index (χ1) is 11.6. The molecule has 4 rings (SSSR count). The van der Waals surface area contributed by atoms with Gasteiger partial charge in [-0.2, -0.15) is 0 Å². The Bertz CT molecular complexity index is 837. The summed E-state index contributed by atoms with van der Waals surface area (Å²) in [7, 11) is 0. The number of hydrogen-bond donors (Lipinski definition) is 1. The van der Waals surface area contributed by atoms with Crippen LogP contribution in [0, 0.1) is 6.92 Å². The largest absolute Gasteiger partial charge is 0.488 e. The van der Waals surface area contributed by atoms with Crippen LogP contribution < -0.4 is 10.1 Å². The fraction of sp³-hybridized carbons (Fsp3) is 0.300. The normalized spacial score (nSPS) is 19.8. The summed E-state index contributed by atoms with van der Waals surface area (Å²) in [6.07, 6.45) is 2.42. The molecule has 1 atom stereocenters. The Morgan fingerprint density at radius 2 is 1.96 bits per heavy atom. The lowest BCUT2D eigenvalue weighted by Gasteiger charge is -2.15. The van der Waals surface area contributed by atoms with Crippen molar-refractivity contribution < 1.29 is 9.53 Å². The zero-order valence-electron chi connectivity index (χ0n) is 13.9. The third-order valence-corrected chi connectivity index (χ3v) is 4.34. The molecule has 1 fully saturated rings. The van der Waals surface area contributed by atoms with Crippen LogP contribution in [0.4, 0.5) is 5.69 Å². The molecule has 2 aliphatic rings. The van der Waals surface area contributed by atoms with Crippen LogP contribution in [-0.4, -0.2) is 23.8 Å². The van der Waals surface area contributed by atoms with E-state index in [1.54, 1.807) is 0 Å². The molecule has 1 amide bonds. The highest BCUT2D eigenvalue weighted by Gasteiger charge is 2.29. The lowest BCUT2D eigenvalue weighted by molar-refractivity contribution is -0.116.